The molecule has 1 amide bonds. The van der Waals surface area contributed by atoms with Crippen LogP contribution in [-0.2, 0) is 11.8 Å². The van der Waals surface area contributed by atoms with Crippen molar-refractivity contribution in [3.63, 3.8) is 0 Å². The number of benzene rings is 2. The van der Waals surface area contributed by atoms with Crippen molar-refractivity contribution < 1.29 is 13.9 Å². The van der Waals surface area contributed by atoms with Gasteiger partial charge in [0.15, 0.2) is 6.61 Å². The fraction of sp³-hybridized carbons (Fsp3) is 0.158. The second-order valence-electron chi connectivity index (χ2n) is 5.99. The maximum Gasteiger partial charge on any atom is 0.262 e. The van der Waals surface area contributed by atoms with Gasteiger partial charge in [0.25, 0.3) is 5.91 Å². The zero-order valence-electron chi connectivity index (χ0n) is 13.8. The maximum atomic E-state index is 13.7. The summed E-state index contributed by atoms with van der Waals surface area (Å²) in [7, 11) is 1.83. The molecular weight excluding hydrogens is 321 g/mol. The van der Waals surface area contributed by atoms with Gasteiger partial charge in [-0.05, 0) is 36.8 Å². The highest BCUT2D eigenvalue weighted by Crippen LogP contribution is 2.38. The Bertz CT molecular complexity index is 994. The molecule has 5 nitrogen and oxygen atoms in total. The minimum atomic E-state index is -0.298. The Balaban J connectivity index is 1.89. The molecule has 3 aromatic rings. The summed E-state index contributed by atoms with van der Waals surface area (Å²) < 4.78 is 20.9. The van der Waals surface area contributed by atoms with E-state index in [1.54, 1.807) is 10.7 Å². The average molecular weight is 337 g/mol. The Morgan fingerprint density at radius 1 is 1.20 bits per heavy atom. The van der Waals surface area contributed by atoms with Crippen molar-refractivity contribution in [2.24, 2.45) is 7.05 Å². The number of halogens is 1. The number of anilines is 1. The quantitative estimate of drug-likeness (QED) is 0.778. The third-order valence-electron chi connectivity index (χ3n) is 4.22. The first kappa shape index (κ1) is 15.4. The van der Waals surface area contributed by atoms with Gasteiger partial charge in [-0.1, -0.05) is 18.2 Å². The third kappa shape index (κ3) is 2.65. The molecule has 0 saturated heterocycles. The van der Waals surface area contributed by atoms with Crippen LogP contribution in [0, 0.1) is 12.7 Å². The van der Waals surface area contributed by atoms with Crippen molar-refractivity contribution >= 4 is 11.6 Å². The topological polar surface area (TPSA) is 56.2 Å². The molecule has 6 heteroatoms. The number of ether oxygens (including phenoxy) is 1. The molecule has 0 unspecified atom stereocenters. The lowest BCUT2D eigenvalue weighted by atomic mass is 9.98. The number of carbonyl (C=O) groups excluding carboxylic acids is 1. The van der Waals surface area contributed by atoms with E-state index in [2.05, 4.69) is 10.4 Å². The van der Waals surface area contributed by atoms with Gasteiger partial charge >= 0.3 is 0 Å². The maximum absolute atomic E-state index is 13.7. The molecule has 0 atom stereocenters. The minimum Gasteiger partial charge on any atom is -0.482 e. The minimum absolute atomic E-state index is 0.0206. The van der Waals surface area contributed by atoms with Gasteiger partial charge in [0.2, 0.25) is 0 Å². The van der Waals surface area contributed by atoms with E-state index in [9.17, 15) is 9.18 Å². The number of aromatic nitrogens is 2. The first-order valence-corrected chi connectivity index (χ1v) is 7.89. The highest BCUT2D eigenvalue weighted by Gasteiger charge is 2.21. The van der Waals surface area contributed by atoms with Gasteiger partial charge in [-0.25, -0.2) is 4.39 Å². The summed E-state index contributed by atoms with van der Waals surface area (Å²) >= 11 is 0. The third-order valence-corrected chi connectivity index (χ3v) is 4.22. The molecule has 0 saturated carbocycles. The number of rotatable bonds is 2. The van der Waals surface area contributed by atoms with E-state index in [0.717, 1.165) is 28.1 Å². The average Bonchev–Trinajstić information content (AvgIpc) is 2.88. The standard InChI is InChI=1S/C19H16FN3O2/c1-11-18(12-6-7-16-15(9-12)21-17(24)10-25-16)19(23(2)22-11)13-4-3-5-14(20)8-13/h3-9H,10H2,1-2H3,(H,21,24). The predicted octanol–water partition coefficient (Wildman–Crippen LogP) is 3.53. The van der Waals surface area contributed by atoms with Gasteiger partial charge in [-0.3, -0.25) is 9.48 Å². The molecule has 0 aliphatic carbocycles. The van der Waals surface area contributed by atoms with Crippen molar-refractivity contribution in [3.05, 3.63) is 54.0 Å². The molecule has 0 radical (unpaired) electrons. The van der Waals surface area contributed by atoms with Crippen LogP contribution < -0.4 is 10.1 Å². The number of hydrogen-bond donors (Lipinski definition) is 1. The van der Waals surface area contributed by atoms with E-state index in [1.807, 2.05) is 38.2 Å². The summed E-state index contributed by atoms with van der Waals surface area (Å²) in [5.74, 6) is 0.156. The summed E-state index contributed by atoms with van der Waals surface area (Å²) in [6.45, 7) is 1.93. The van der Waals surface area contributed by atoms with Crippen LogP contribution in [0.15, 0.2) is 42.5 Å². The number of amides is 1. The molecule has 1 N–H and O–H groups in total. The molecule has 2 aromatic carbocycles. The number of carbonyl (C=O) groups is 1. The Morgan fingerprint density at radius 3 is 2.84 bits per heavy atom. The number of nitrogens with one attached hydrogen (secondary N) is 1. The fourth-order valence-corrected chi connectivity index (χ4v) is 3.21. The first-order chi connectivity index (χ1) is 12.0. The second-order valence-corrected chi connectivity index (χ2v) is 5.99. The second kappa shape index (κ2) is 5.73. The van der Waals surface area contributed by atoms with E-state index in [-0.39, 0.29) is 18.3 Å². The van der Waals surface area contributed by atoms with Crippen LogP contribution in [0.3, 0.4) is 0 Å². The lowest BCUT2D eigenvalue weighted by molar-refractivity contribution is -0.118. The molecule has 0 spiro atoms. The van der Waals surface area contributed by atoms with Crippen LogP contribution in [0.5, 0.6) is 5.75 Å². The summed E-state index contributed by atoms with van der Waals surface area (Å²) in [6, 6.07) is 12.0. The molecule has 1 aliphatic rings. The van der Waals surface area contributed by atoms with Gasteiger partial charge in [-0.2, -0.15) is 5.10 Å². The normalized spacial score (nSPS) is 13.2. The van der Waals surface area contributed by atoms with Gasteiger partial charge in [0.1, 0.15) is 11.6 Å². The summed E-state index contributed by atoms with van der Waals surface area (Å²) in [4.78, 5) is 11.6. The summed E-state index contributed by atoms with van der Waals surface area (Å²) in [5.41, 5.74) is 4.80. The highest BCUT2D eigenvalue weighted by molar-refractivity contribution is 5.97. The lowest BCUT2D eigenvalue weighted by Crippen LogP contribution is -2.25. The summed E-state index contributed by atoms with van der Waals surface area (Å²) in [6.07, 6.45) is 0. The first-order valence-electron chi connectivity index (χ1n) is 7.89. The molecule has 0 fully saturated rings. The van der Waals surface area contributed by atoms with Gasteiger partial charge in [-0.15, -0.1) is 0 Å². The Kier molecular flexibility index (Phi) is 3.53. The lowest BCUT2D eigenvalue weighted by Gasteiger charge is -2.19. The number of fused-ring (bicyclic) bond motifs is 1. The van der Waals surface area contributed by atoms with Gasteiger partial charge < -0.3 is 10.1 Å². The van der Waals surface area contributed by atoms with Gasteiger partial charge in [0.05, 0.1) is 17.1 Å². The number of hydrogen-bond acceptors (Lipinski definition) is 3. The Labute approximate surface area is 144 Å². The molecular formula is C19H16FN3O2. The Morgan fingerprint density at radius 2 is 2.04 bits per heavy atom. The molecule has 1 aromatic heterocycles. The van der Waals surface area contributed by atoms with E-state index in [4.69, 9.17) is 4.74 Å². The monoisotopic (exact) mass is 337 g/mol. The van der Waals surface area contributed by atoms with Crippen LogP contribution in [0.2, 0.25) is 0 Å². The molecule has 126 valence electrons. The van der Waals surface area contributed by atoms with E-state index >= 15 is 0 Å². The molecule has 25 heavy (non-hydrogen) atoms. The van der Waals surface area contributed by atoms with Crippen molar-refractivity contribution in [2.45, 2.75) is 6.92 Å². The highest BCUT2D eigenvalue weighted by atomic mass is 19.1. The van der Waals surface area contributed by atoms with Crippen LogP contribution in [0.4, 0.5) is 10.1 Å². The SMILES string of the molecule is Cc1nn(C)c(-c2cccc(F)c2)c1-c1ccc2c(c1)NC(=O)CO2. The van der Waals surface area contributed by atoms with Crippen LogP contribution in [0.25, 0.3) is 22.4 Å². The van der Waals surface area contributed by atoms with E-state index in [0.29, 0.717) is 11.4 Å². The largest absolute Gasteiger partial charge is 0.482 e. The molecule has 1 aliphatic heterocycles. The van der Waals surface area contributed by atoms with Crippen LogP contribution in [0.1, 0.15) is 5.69 Å². The smallest absolute Gasteiger partial charge is 0.262 e. The van der Waals surface area contributed by atoms with Crippen molar-refractivity contribution in [3.8, 4) is 28.1 Å². The number of nitrogens with zero attached hydrogens (tertiary/aromatic N) is 2. The zero-order chi connectivity index (χ0) is 17.6. The zero-order valence-corrected chi connectivity index (χ0v) is 13.8. The van der Waals surface area contributed by atoms with E-state index in [1.165, 1.54) is 12.1 Å². The van der Waals surface area contributed by atoms with Crippen molar-refractivity contribution in [2.75, 3.05) is 11.9 Å². The molecule has 0 bridgehead atoms. The molecule has 2 heterocycles. The predicted molar refractivity (Wildman–Crippen MR) is 92.9 cm³/mol. The Hall–Kier alpha value is -3.15. The van der Waals surface area contributed by atoms with Crippen LogP contribution >= 0.6 is 0 Å². The van der Waals surface area contributed by atoms with E-state index < -0.39 is 0 Å². The van der Waals surface area contributed by atoms with Crippen LogP contribution in [-0.4, -0.2) is 22.3 Å². The summed E-state index contributed by atoms with van der Waals surface area (Å²) in [5, 5.41) is 7.31. The molecule has 4 rings (SSSR count). The van der Waals surface area contributed by atoms with Gasteiger partial charge in [0, 0.05) is 18.2 Å². The number of aryl methyl sites for hydroxylation is 2. The van der Waals surface area contributed by atoms with Crippen molar-refractivity contribution in [1.82, 2.24) is 9.78 Å². The fourth-order valence-electron chi connectivity index (χ4n) is 3.21. The van der Waals surface area contributed by atoms with Crippen molar-refractivity contribution in [1.29, 1.82) is 0 Å².